The molecule has 13 nitrogen and oxygen atoms in total. The SMILES string of the molecule is CC(C)C(=O)Nc1nc(OCCc2ccc([N+](=O)[O-])cc2)c2ncn(C3(C(=O)OCc4ccccc4)CN3)c2n1. The third-order valence-corrected chi connectivity index (χ3v) is 6.37. The molecular weight excluding hydrogens is 518 g/mol. The van der Waals surface area contributed by atoms with E-state index in [4.69, 9.17) is 9.47 Å². The van der Waals surface area contributed by atoms with Gasteiger partial charge in [-0.3, -0.25) is 30.1 Å². The maximum atomic E-state index is 13.2. The van der Waals surface area contributed by atoms with Crippen molar-refractivity contribution in [3.05, 3.63) is 82.2 Å². The van der Waals surface area contributed by atoms with Crippen LogP contribution in [-0.2, 0) is 33.0 Å². The van der Waals surface area contributed by atoms with Crippen LogP contribution in [-0.4, -0.2) is 49.5 Å². The molecule has 2 N–H and O–H groups in total. The van der Waals surface area contributed by atoms with E-state index in [1.807, 2.05) is 30.3 Å². The summed E-state index contributed by atoms with van der Waals surface area (Å²) in [5.74, 6) is -0.975. The van der Waals surface area contributed by atoms with Gasteiger partial charge in [0.05, 0.1) is 17.9 Å². The number of aromatic nitrogens is 4. The zero-order chi connectivity index (χ0) is 28.3. The third-order valence-electron chi connectivity index (χ3n) is 6.37. The Hall–Kier alpha value is -4.91. The van der Waals surface area contributed by atoms with Gasteiger partial charge in [0.25, 0.3) is 5.69 Å². The summed E-state index contributed by atoms with van der Waals surface area (Å²) in [4.78, 5) is 49.3. The van der Waals surface area contributed by atoms with E-state index in [9.17, 15) is 19.7 Å². The number of hydrogen-bond donors (Lipinski definition) is 2. The molecule has 40 heavy (non-hydrogen) atoms. The summed E-state index contributed by atoms with van der Waals surface area (Å²) < 4.78 is 13.1. The van der Waals surface area contributed by atoms with Gasteiger partial charge in [-0.05, 0) is 11.1 Å². The fraction of sp³-hybridized carbons (Fsp3) is 0.296. The second kappa shape index (κ2) is 11.1. The van der Waals surface area contributed by atoms with Gasteiger partial charge in [-0.1, -0.05) is 56.3 Å². The molecular formula is C27H27N7O6. The van der Waals surface area contributed by atoms with E-state index in [0.29, 0.717) is 18.5 Å². The topological polar surface area (TPSA) is 173 Å². The van der Waals surface area contributed by atoms with Crippen molar-refractivity contribution in [1.82, 2.24) is 24.8 Å². The summed E-state index contributed by atoms with van der Waals surface area (Å²) in [6.45, 7) is 4.07. The number of anilines is 1. The molecule has 1 atom stereocenters. The smallest absolute Gasteiger partial charge is 0.349 e. The number of nitro groups is 1. The number of rotatable bonds is 11. The van der Waals surface area contributed by atoms with Crippen LogP contribution in [0.2, 0.25) is 0 Å². The molecule has 0 saturated carbocycles. The number of benzene rings is 2. The van der Waals surface area contributed by atoms with Crippen LogP contribution in [0.15, 0.2) is 60.9 Å². The van der Waals surface area contributed by atoms with Crippen LogP contribution in [0.4, 0.5) is 11.6 Å². The van der Waals surface area contributed by atoms with E-state index >= 15 is 0 Å². The van der Waals surface area contributed by atoms with Crippen molar-refractivity contribution in [3.63, 3.8) is 0 Å². The lowest BCUT2D eigenvalue weighted by Gasteiger charge is -2.16. The molecule has 0 bridgehead atoms. The first-order valence-corrected chi connectivity index (χ1v) is 12.7. The van der Waals surface area contributed by atoms with Gasteiger partial charge in [-0.2, -0.15) is 9.97 Å². The van der Waals surface area contributed by atoms with Crippen LogP contribution in [0.5, 0.6) is 5.88 Å². The molecule has 0 aliphatic carbocycles. The quantitative estimate of drug-likeness (QED) is 0.123. The highest BCUT2D eigenvalue weighted by atomic mass is 16.6. The Morgan fingerprint density at radius 3 is 2.50 bits per heavy atom. The fourth-order valence-corrected chi connectivity index (χ4v) is 3.95. The summed E-state index contributed by atoms with van der Waals surface area (Å²) in [5.41, 5.74) is 1.07. The van der Waals surface area contributed by atoms with Crippen LogP contribution >= 0.6 is 0 Å². The lowest BCUT2D eigenvalue weighted by molar-refractivity contribution is -0.384. The number of ether oxygens (including phenoxy) is 2. The van der Waals surface area contributed by atoms with Crippen molar-refractivity contribution >= 4 is 34.7 Å². The Kier molecular flexibility index (Phi) is 7.38. The summed E-state index contributed by atoms with van der Waals surface area (Å²) >= 11 is 0. The highest BCUT2D eigenvalue weighted by Gasteiger charge is 2.54. The van der Waals surface area contributed by atoms with Crippen LogP contribution in [0, 0.1) is 16.0 Å². The van der Waals surface area contributed by atoms with Crippen molar-refractivity contribution in [2.24, 2.45) is 5.92 Å². The van der Waals surface area contributed by atoms with Gasteiger partial charge in [0.15, 0.2) is 11.2 Å². The molecule has 2 aromatic heterocycles. The van der Waals surface area contributed by atoms with Crippen molar-refractivity contribution in [2.75, 3.05) is 18.5 Å². The molecule has 206 valence electrons. The van der Waals surface area contributed by atoms with Gasteiger partial charge in [-0.25, -0.2) is 9.78 Å². The van der Waals surface area contributed by atoms with Crippen LogP contribution in [0.1, 0.15) is 25.0 Å². The number of carbonyl (C=O) groups excluding carboxylic acids is 2. The van der Waals surface area contributed by atoms with Crippen molar-refractivity contribution < 1.29 is 24.0 Å². The molecule has 3 heterocycles. The van der Waals surface area contributed by atoms with Crippen LogP contribution in [0.3, 0.4) is 0 Å². The first-order valence-electron chi connectivity index (χ1n) is 12.7. The summed E-state index contributed by atoms with van der Waals surface area (Å²) in [6.07, 6.45) is 1.90. The molecule has 1 fully saturated rings. The van der Waals surface area contributed by atoms with E-state index in [0.717, 1.165) is 11.1 Å². The Morgan fingerprint density at radius 2 is 1.85 bits per heavy atom. The summed E-state index contributed by atoms with van der Waals surface area (Å²) in [6, 6.07) is 15.5. The Balaban J connectivity index is 1.39. The van der Waals surface area contributed by atoms with Gasteiger partial charge in [0, 0.05) is 31.0 Å². The zero-order valence-corrected chi connectivity index (χ0v) is 21.9. The molecule has 5 rings (SSSR count). The number of nitrogens with zero attached hydrogens (tertiary/aromatic N) is 5. The number of esters is 1. The van der Waals surface area contributed by atoms with E-state index in [-0.39, 0.29) is 48.2 Å². The number of nitro benzene ring substituents is 1. The predicted octanol–water partition coefficient (Wildman–Crippen LogP) is 2.95. The standard InChI is InChI=1S/C27H27N7O6/c1-17(2)23(35)31-26-30-22-21(24(32-26)39-13-12-18-8-10-20(11-9-18)34(37)38)28-16-33(22)27(15-29-27)25(36)40-14-19-6-4-3-5-7-19/h3-11,16-17,29H,12-15H2,1-2H3,(H,30,31,32,35). The minimum absolute atomic E-state index is 0.00293. The van der Waals surface area contributed by atoms with E-state index in [1.54, 1.807) is 30.5 Å². The third kappa shape index (κ3) is 5.59. The van der Waals surface area contributed by atoms with E-state index in [2.05, 4.69) is 25.6 Å². The van der Waals surface area contributed by atoms with Gasteiger partial charge < -0.3 is 9.47 Å². The Morgan fingerprint density at radius 1 is 1.12 bits per heavy atom. The number of fused-ring (bicyclic) bond motifs is 1. The normalized spacial score (nSPS) is 16.1. The van der Waals surface area contributed by atoms with Crippen molar-refractivity contribution in [2.45, 2.75) is 32.5 Å². The fourth-order valence-electron chi connectivity index (χ4n) is 3.95. The average Bonchev–Trinajstić information content (AvgIpc) is 3.65. The molecule has 1 unspecified atom stereocenters. The predicted molar refractivity (Wildman–Crippen MR) is 143 cm³/mol. The van der Waals surface area contributed by atoms with Crippen molar-refractivity contribution in [3.8, 4) is 5.88 Å². The number of hydrogen-bond acceptors (Lipinski definition) is 10. The first kappa shape index (κ1) is 26.7. The van der Waals surface area contributed by atoms with Crippen molar-refractivity contribution in [1.29, 1.82) is 0 Å². The molecule has 2 aromatic carbocycles. The summed E-state index contributed by atoms with van der Waals surface area (Å²) in [7, 11) is 0. The molecule has 13 heteroatoms. The zero-order valence-electron chi connectivity index (χ0n) is 21.9. The summed E-state index contributed by atoms with van der Waals surface area (Å²) in [5, 5.41) is 16.6. The maximum absolute atomic E-state index is 13.2. The Labute approximate surface area is 228 Å². The number of non-ortho nitro benzene ring substituents is 1. The Bertz CT molecular complexity index is 1550. The van der Waals surface area contributed by atoms with E-state index in [1.165, 1.54) is 18.5 Å². The lowest BCUT2D eigenvalue weighted by atomic mass is 10.1. The maximum Gasteiger partial charge on any atom is 0.349 e. The molecule has 0 spiro atoms. The van der Waals surface area contributed by atoms with Crippen LogP contribution in [0.25, 0.3) is 11.2 Å². The number of imidazole rings is 1. The molecule has 1 aliphatic heterocycles. The largest absolute Gasteiger partial charge is 0.476 e. The second-order valence-electron chi connectivity index (χ2n) is 9.58. The van der Waals surface area contributed by atoms with Crippen LogP contribution < -0.4 is 15.4 Å². The van der Waals surface area contributed by atoms with Gasteiger partial charge >= 0.3 is 5.97 Å². The highest BCUT2D eigenvalue weighted by Crippen LogP contribution is 2.32. The number of nitrogens with one attached hydrogen (secondary N) is 2. The number of carbonyl (C=O) groups is 2. The van der Waals surface area contributed by atoms with Gasteiger partial charge in [0.2, 0.25) is 23.4 Å². The monoisotopic (exact) mass is 545 g/mol. The van der Waals surface area contributed by atoms with E-state index < -0.39 is 16.6 Å². The van der Waals surface area contributed by atoms with Gasteiger partial charge in [0.1, 0.15) is 6.61 Å². The molecule has 1 saturated heterocycles. The second-order valence-corrected chi connectivity index (χ2v) is 9.58. The number of amides is 1. The molecule has 1 amide bonds. The minimum atomic E-state index is -1.20. The lowest BCUT2D eigenvalue weighted by Crippen LogP contribution is -2.34. The molecule has 0 radical (unpaired) electrons. The average molecular weight is 546 g/mol. The molecule has 4 aromatic rings. The highest BCUT2D eigenvalue weighted by molar-refractivity contribution is 5.92. The molecule has 1 aliphatic rings. The van der Waals surface area contributed by atoms with Gasteiger partial charge in [-0.15, -0.1) is 0 Å². The first-order chi connectivity index (χ1) is 19.3. The minimum Gasteiger partial charge on any atom is -0.476 e.